The summed E-state index contributed by atoms with van der Waals surface area (Å²) in [6.07, 6.45) is 11.0. The highest BCUT2D eigenvalue weighted by Gasteiger charge is 2.24. The first-order valence-electron chi connectivity index (χ1n) is 7.89. The van der Waals surface area contributed by atoms with Crippen molar-refractivity contribution in [3.8, 4) is 0 Å². The molecule has 1 atom stereocenters. The quantitative estimate of drug-likeness (QED) is 0.931. The Labute approximate surface area is 135 Å². The molecular formula is C16H20N6O. The average Bonchev–Trinajstić information content (AvgIpc) is 2.62. The van der Waals surface area contributed by atoms with Crippen LogP contribution in [0.15, 0.2) is 31.0 Å². The number of piperidine rings is 1. The highest BCUT2D eigenvalue weighted by Crippen LogP contribution is 2.26. The lowest BCUT2D eigenvalue weighted by atomic mass is 9.95. The number of hydrogen-bond donors (Lipinski definition) is 1. The van der Waals surface area contributed by atoms with E-state index in [9.17, 15) is 4.79 Å². The molecule has 3 heterocycles. The number of amides is 1. The van der Waals surface area contributed by atoms with Gasteiger partial charge >= 0.3 is 0 Å². The molecule has 120 valence electrons. The van der Waals surface area contributed by atoms with Crippen molar-refractivity contribution in [3.63, 3.8) is 0 Å². The predicted molar refractivity (Wildman–Crippen MR) is 86.2 cm³/mol. The molecule has 1 aliphatic heterocycles. The zero-order valence-corrected chi connectivity index (χ0v) is 13.1. The van der Waals surface area contributed by atoms with Gasteiger partial charge < -0.3 is 10.2 Å². The van der Waals surface area contributed by atoms with E-state index < -0.39 is 0 Å². The molecule has 1 N–H and O–H groups in total. The lowest BCUT2D eigenvalue weighted by Crippen LogP contribution is -2.38. The molecule has 2 aromatic heterocycles. The maximum Gasteiger partial charge on any atom is 0.222 e. The van der Waals surface area contributed by atoms with Crippen LogP contribution in [0.25, 0.3) is 0 Å². The molecule has 23 heavy (non-hydrogen) atoms. The molecule has 0 spiro atoms. The summed E-state index contributed by atoms with van der Waals surface area (Å²) < 4.78 is 0. The highest BCUT2D eigenvalue weighted by molar-refractivity contribution is 5.76. The topological polar surface area (TPSA) is 83.9 Å². The van der Waals surface area contributed by atoms with Crippen molar-refractivity contribution in [1.29, 1.82) is 0 Å². The van der Waals surface area contributed by atoms with Crippen LogP contribution in [0.1, 0.15) is 37.8 Å². The third-order valence-corrected chi connectivity index (χ3v) is 3.99. The van der Waals surface area contributed by atoms with E-state index in [0.29, 0.717) is 18.1 Å². The molecule has 0 aromatic carbocycles. The van der Waals surface area contributed by atoms with Gasteiger partial charge in [0.05, 0.1) is 24.3 Å². The third kappa shape index (κ3) is 3.80. The third-order valence-electron chi connectivity index (χ3n) is 3.99. The van der Waals surface area contributed by atoms with E-state index in [1.165, 1.54) is 0 Å². The van der Waals surface area contributed by atoms with Crippen LogP contribution in [0.2, 0.25) is 0 Å². The van der Waals surface area contributed by atoms with Crippen LogP contribution in [0.3, 0.4) is 0 Å². The van der Waals surface area contributed by atoms with Crippen molar-refractivity contribution in [1.82, 2.24) is 24.8 Å². The van der Waals surface area contributed by atoms with Crippen LogP contribution in [0.4, 0.5) is 11.6 Å². The van der Waals surface area contributed by atoms with Gasteiger partial charge in [0, 0.05) is 37.8 Å². The Balaban J connectivity index is 1.66. The van der Waals surface area contributed by atoms with Gasteiger partial charge in [-0.05, 0) is 12.8 Å². The van der Waals surface area contributed by atoms with Gasteiger partial charge in [-0.15, -0.1) is 0 Å². The van der Waals surface area contributed by atoms with Crippen LogP contribution in [0, 0.1) is 0 Å². The van der Waals surface area contributed by atoms with Crippen molar-refractivity contribution in [3.05, 3.63) is 36.7 Å². The summed E-state index contributed by atoms with van der Waals surface area (Å²) in [5.41, 5.74) is 0.934. The van der Waals surface area contributed by atoms with E-state index >= 15 is 0 Å². The average molecular weight is 312 g/mol. The number of anilines is 2. The molecule has 7 heteroatoms. The van der Waals surface area contributed by atoms with Gasteiger partial charge in [-0.3, -0.25) is 14.8 Å². The number of nitrogens with zero attached hydrogens (tertiary/aromatic N) is 5. The molecule has 1 unspecified atom stereocenters. The number of likely N-dealkylation sites (tertiary alicyclic amines) is 1. The smallest absolute Gasteiger partial charge is 0.222 e. The standard InChI is InChI=1S/C16H20N6O/c1-2-16(23)22-7-3-4-12(11-22)13-8-20-15(10-19-13)21-14-9-17-5-6-18-14/h5-6,8-10,12H,2-4,7,11H2,1H3,(H,18,20,21). The lowest BCUT2D eigenvalue weighted by molar-refractivity contribution is -0.132. The molecule has 0 bridgehead atoms. The maximum absolute atomic E-state index is 11.9. The fraction of sp³-hybridized carbons (Fsp3) is 0.438. The second-order valence-electron chi connectivity index (χ2n) is 5.57. The zero-order chi connectivity index (χ0) is 16.1. The van der Waals surface area contributed by atoms with Crippen LogP contribution in [-0.2, 0) is 4.79 Å². The Kier molecular flexibility index (Phi) is 4.75. The predicted octanol–water partition coefficient (Wildman–Crippen LogP) is 2.13. The van der Waals surface area contributed by atoms with Gasteiger partial charge in [-0.1, -0.05) is 6.92 Å². The number of rotatable bonds is 4. The molecule has 1 saturated heterocycles. The molecular weight excluding hydrogens is 292 g/mol. The zero-order valence-electron chi connectivity index (χ0n) is 13.1. The number of nitrogens with one attached hydrogen (secondary N) is 1. The van der Waals surface area contributed by atoms with E-state index in [4.69, 9.17) is 0 Å². The van der Waals surface area contributed by atoms with Crippen LogP contribution in [-0.4, -0.2) is 43.8 Å². The Morgan fingerprint density at radius 2 is 2.09 bits per heavy atom. The minimum Gasteiger partial charge on any atom is -0.342 e. The van der Waals surface area contributed by atoms with Gasteiger partial charge in [0.2, 0.25) is 5.91 Å². The molecule has 0 saturated carbocycles. The van der Waals surface area contributed by atoms with E-state index in [1.54, 1.807) is 31.0 Å². The summed E-state index contributed by atoms with van der Waals surface area (Å²) in [6, 6.07) is 0. The van der Waals surface area contributed by atoms with Crippen LogP contribution < -0.4 is 5.32 Å². The van der Waals surface area contributed by atoms with Gasteiger partial charge in [0.25, 0.3) is 0 Å². The Bertz CT molecular complexity index is 645. The van der Waals surface area contributed by atoms with Crippen molar-refractivity contribution >= 4 is 17.5 Å². The van der Waals surface area contributed by atoms with Crippen molar-refractivity contribution in [2.24, 2.45) is 0 Å². The first kappa shape index (κ1) is 15.3. The van der Waals surface area contributed by atoms with Crippen molar-refractivity contribution in [2.45, 2.75) is 32.1 Å². The molecule has 1 fully saturated rings. The van der Waals surface area contributed by atoms with Gasteiger partial charge in [-0.2, -0.15) is 0 Å². The molecule has 7 nitrogen and oxygen atoms in total. The number of hydrogen-bond acceptors (Lipinski definition) is 6. The van der Waals surface area contributed by atoms with E-state index in [2.05, 4.69) is 25.3 Å². The molecule has 3 rings (SSSR count). The lowest BCUT2D eigenvalue weighted by Gasteiger charge is -2.32. The molecule has 0 aliphatic carbocycles. The SMILES string of the molecule is CCC(=O)N1CCCC(c2cnc(Nc3cnccn3)cn2)C1. The summed E-state index contributed by atoms with van der Waals surface area (Å²) in [5, 5.41) is 3.06. The summed E-state index contributed by atoms with van der Waals surface area (Å²) in [7, 11) is 0. The van der Waals surface area contributed by atoms with E-state index in [1.807, 2.05) is 11.8 Å². The van der Waals surface area contributed by atoms with Crippen molar-refractivity contribution < 1.29 is 4.79 Å². The van der Waals surface area contributed by atoms with E-state index in [-0.39, 0.29) is 11.8 Å². The van der Waals surface area contributed by atoms with Crippen molar-refractivity contribution in [2.75, 3.05) is 18.4 Å². The first-order chi connectivity index (χ1) is 11.3. The van der Waals surface area contributed by atoms with Crippen LogP contribution >= 0.6 is 0 Å². The van der Waals surface area contributed by atoms with Crippen LogP contribution in [0.5, 0.6) is 0 Å². The summed E-state index contributed by atoms with van der Waals surface area (Å²) in [5.74, 6) is 1.74. The maximum atomic E-state index is 11.9. The molecule has 0 radical (unpaired) electrons. The minimum atomic E-state index is 0.212. The Morgan fingerprint density at radius 3 is 2.78 bits per heavy atom. The fourth-order valence-corrected chi connectivity index (χ4v) is 2.78. The Hall–Kier alpha value is -2.57. The number of carbonyl (C=O) groups is 1. The van der Waals surface area contributed by atoms with Gasteiger partial charge in [-0.25, -0.2) is 9.97 Å². The second-order valence-corrected chi connectivity index (χ2v) is 5.57. The molecule has 1 amide bonds. The normalized spacial score (nSPS) is 17.8. The largest absolute Gasteiger partial charge is 0.342 e. The first-order valence-corrected chi connectivity index (χ1v) is 7.89. The monoisotopic (exact) mass is 312 g/mol. The fourth-order valence-electron chi connectivity index (χ4n) is 2.78. The van der Waals surface area contributed by atoms with E-state index in [0.717, 1.165) is 31.6 Å². The summed E-state index contributed by atoms with van der Waals surface area (Å²) in [6.45, 7) is 3.49. The second kappa shape index (κ2) is 7.13. The summed E-state index contributed by atoms with van der Waals surface area (Å²) >= 11 is 0. The highest BCUT2D eigenvalue weighted by atomic mass is 16.2. The van der Waals surface area contributed by atoms with Gasteiger partial charge in [0.1, 0.15) is 11.6 Å². The molecule has 2 aromatic rings. The minimum absolute atomic E-state index is 0.212. The van der Waals surface area contributed by atoms with Gasteiger partial charge in [0.15, 0.2) is 0 Å². The Morgan fingerprint density at radius 1 is 1.22 bits per heavy atom. The number of carbonyl (C=O) groups excluding carboxylic acids is 1. The molecule has 1 aliphatic rings. The summed E-state index contributed by atoms with van der Waals surface area (Å²) in [4.78, 5) is 30.8. The number of aromatic nitrogens is 4.